The molecule has 0 unspecified atom stereocenters. The molecule has 0 aromatic heterocycles. The Hall–Kier alpha value is -1.76. The van der Waals surface area contributed by atoms with Crippen molar-refractivity contribution in [3.8, 4) is 0 Å². The van der Waals surface area contributed by atoms with E-state index in [9.17, 15) is 9.59 Å². The summed E-state index contributed by atoms with van der Waals surface area (Å²) in [5.41, 5.74) is 0.949. The average Bonchev–Trinajstić information content (AvgIpc) is 2.87. The van der Waals surface area contributed by atoms with Gasteiger partial charge >= 0.3 is 0 Å². The summed E-state index contributed by atoms with van der Waals surface area (Å²) in [6, 6.07) is 8.93. The van der Waals surface area contributed by atoms with Gasteiger partial charge < -0.3 is 24.3 Å². The Morgan fingerprint density at radius 1 is 1.43 bits per heavy atom. The van der Waals surface area contributed by atoms with Gasteiger partial charge in [-0.3, -0.25) is 4.79 Å². The minimum absolute atomic E-state index is 0.251. The van der Waals surface area contributed by atoms with E-state index in [0.29, 0.717) is 6.29 Å². The van der Waals surface area contributed by atoms with Gasteiger partial charge in [0, 0.05) is 6.92 Å². The summed E-state index contributed by atoms with van der Waals surface area (Å²) in [4.78, 5) is 23.0. The molecule has 0 bridgehead atoms. The van der Waals surface area contributed by atoms with Gasteiger partial charge in [0.1, 0.15) is 12.2 Å². The highest BCUT2D eigenvalue weighted by Gasteiger charge is 2.41. The van der Waals surface area contributed by atoms with Crippen LogP contribution in [0.2, 0.25) is 0 Å². The van der Waals surface area contributed by atoms with Crippen LogP contribution in [0.25, 0.3) is 0 Å². The molecular weight excluding hydrogens is 298 g/mol. The third-order valence-corrected chi connectivity index (χ3v) is 3.57. The summed E-state index contributed by atoms with van der Waals surface area (Å²) < 4.78 is 17.0. The van der Waals surface area contributed by atoms with Crippen LogP contribution in [0.15, 0.2) is 30.3 Å². The molecule has 126 valence electrons. The zero-order chi connectivity index (χ0) is 16.9. The molecule has 0 spiro atoms. The van der Waals surface area contributed by atoms with Gasteiger partial charge in [0.2, 0.25) is 5.91 Å². The predicted octanol–water partition coefficient (Wildman–Crippen LogP) is 1.43. The number of amides is 1. The van der Waals surface area contributed by atoms with Crippen molar-refractivity contribution < 1.29 is 23.8 Å². The lowest BCUT2D eigenvalue weighted by molar-refractivity contribution is -0.152. The highest BCUT2D eigenvalue weighted by molar-refractivity contribution is 5.74. The number of rotatable bonds is 7. The Labute approximate surface area is 136 Å². The van der Waals surface area contributed by atoms with E-state index in [4.69, 9.17) is 14.2 Å². The van der Waals surface area contributed by atoms with E-state index in [1.807, 2.05) is 30.3 Å². The molecule has 1 amide bonds. The van der Waals surface area contributed by atoms with E-state index in [0.717, 1.165) is 5.56 Å². The van der Waals surface area contributed by atoms with Gasteiger partial charge in [-0.05, 0) is 19.4 Å². The Kier molecular flexibility index (Phi) is 5.87. The number of carbonyl (C=O) groups excluding carboxylic acids is 2. The van der Waals surface area contributed by atoms with Crippen molar-refractivity contribution in [3.63, 3.8) is 0 Å². The summed E-state index contributed by atoms with van der Waals surface area (Å²) in [5.74, 6) is -0.993. The molecule has 2 rings (SSSR count). The molecule has 0 saturated carbocycles. The summed E-state index contributed by atoms with van der Waals surface area (Å²) in [6.45, 7) is 5.54. The summed E-state index contributed by atoms with van der Waals surface area (Å²) in [6.07, 6.45) is -0.570. The second kappa shape index (κ2) is 7.68. The molecule has 0 radical (unpaired) electrons. The highest BCUT2D eigenvalue weighted by Crippen LogP contribution is 2.26. The van der Waals surface area contributed by atoms with Crippen molar-refractivity contribution in [1.29, 1.82) is 0 Å². The first-order chi connectivity index (χ1) is 10.9. The van der Waals surface area contributed by atoms with Crippen molar-refractivity contribution in [2.24, 2.45) is 0 Å². The Bertz CT molecular complexity index is 531. The minimum Gasteiger partial charge on any atom is -0.364 e. The number of nitrogens with one attached hydrogen (secondary N) is 1. The Balaban J connectivity index is 2.05. The van der Waals surface area contributed by atoms with Gasteiger partial charge in [0.15, 0.2) is 12.1 Å². The third kappa shape index (κ3) is 5.13. The number of aldehydes is 1. The van der Waals surface area contributed by atoms with Gasteiger partial charge in [0.05, 0.1) is 19.3 Å². The Morgan fingerprint density at radius 2 is 2.13 bits per heavy atom. The van der Waals surface area contributed by atoms with Crippen molar-refractivity contribution >= 4 is 12.2 Å². The standard InChI is InChI=1S/C17H23NO5/c1-12(20)18-16(15-11-22-17(2,3)23-15)14(9-19)21-10-13-7-5-4-6-8-13/h4-9,14-16H,10-11H2,1-3H3,(H,18,20)/t14-,15+,16+/m1/s1. The topological polar surface area (TPSA) is 73.9 Å². The molecule has 1 saturated heterocycles. The maximum absolute atomic E-state index is 11.5. The molecule has 1 fully saturated rings. The van der Waals surface area contributed by atoms with Crippen LogP contribution in [-0.4, -0.2) is 42.8 Å². The monoisotopic (exact) mass is 321 g/mol. The van der Waals surface area contributed by atoms with Crippen LogP contribution in [0.5, 0.6) is 0 Å². The second-order valence-corrected chi connectivity index (χ2v) is 5.99. The molecule has 1 aromatic carbocycles. The van der Waals surface area contributed by atoms with Crippen molar-refractivity contribution in [3.05, 3.63) is 35.9 Å². The van der Waals surface area contributed by atoms with E-state index < -0.39 is 24.0 Å². The van der Waals surface area contributed by atoms with Gasteiger partial charge in [-0.15, -0.1) is 0 Å². The largest absolute Gasteiger partial charge is 0.364 e. The Morgan fingerprint density at radius 3 is 2.65 bits per heavy atom. The van der Waals surface area contributed by atoms with Crippen LogP contribution in [0, 0.1) is 0 Å². The lowest BCUT2D eigenvalue weighted by Crippen LogP contribution is -2.53. The van der Waals surface area contributed by atoms with Gasteiger partial charge in [-0.25, -0.2) is 0 Å². The predicted molar refractivity (Wildman–Crippen MR) is 83.6 cm³/mol. The fourth-order valence-electron chi connectivity index (χ4n) is 2.51. The molecule has 1 aromatic rings. The normalized spacial score (nSPS) is 22.3. The van der Waals surface area contributed by atoms with Gasteiger partial charge in [0.25, 0.3) is 0 Å². The number of hydrogen-bond donors (Lipinski definition) is 1. The maximum atomic E-state index is 11.5. The first-order valence-corrected chi connectivity index (χ1v) is 7.61. The van der Waals surface area contributed by atoms with E-state index >= 15 is 0 Å². The molecule has 0 aliphatic carbocycles. The molecule has 1 aliphatic rings. The van der Waals surface area contributed by atoms with Crippen LogP contribution in [0.4, 0.5) is 0 Å². The van der Waals surface area contributed by atoms with E-state index in [2.05, 4.69) is 5.32 Å². The number of ether oxygens (including phenoxy) is 3. The van der Waals surface area contributed by atoms with Gasteiger partial charge in [-0.2, -0.15) is 0 Å². The number of hydrogen-bond acceptors (Lipinski definition) is 5. The van der Waals surface area contributed by atoms with Crippen LogP contribution in [0.3, 0.4) is 0 Å². The third-order valence-electron chi connectivity index (χ3n) is 3.57. The first-order valence-electron chi connectivity index (χ1n) is 7.61. The molecule has 3 atom stereocenters. The quantitative estimate of drug-likeness (QED) is 0.769. The molecule has 1 heterocycles. The van der Waals surface area contributed by atoms with Crippen LogP contribution in [-0.2, 0) is 30.4 Å². The van der Waals surface area contributed by atoms with Crippen LogP contribution >= 0.6 is 0 Å². The molecular formula is C17H23NO5. The minimum atomic E-state index is -0.818. The van der Waals surface area contributed by atoms with E-state index in [-0.39, 0.29) is 19.1 Å². The summed E-state index contributed by atoms with van der Waals surface area (Å²) >= 11 is 0. The van der Waals surface area contributed by atoms with E-state index in [1.54, 1.807) is 13.8 Å². The smallest absolute Gasteiger partial charge is 0.217 e. The fraction of sp³-hybridized carbons (Fsp3) is 0.529. The zero-order valence-corrected chi connectivity index (χ0v) is 13.7. The lowest BCUT2D eigenvalue weighted by atomic mass is 10.1. The van der Waals surface area contributed by atoms with Crippen molar-refractivity contribution in [1.82, 2.24) is 5.32 Å². The second-order valence-electron chi connectivity index (χ2n) is 5.99. The molecule has 1 aliphatic heterocycles. The summed E-state index contributed by atoms with van der Waals surface area (Å²) in [5, 5.41) is 2.75. The molecule has 6 nitrogen and oxygen atoms in total. The summed E-state index contributed by atoms with van der Waals surface area (Å²) in [7, 11) is 0. The van der Waals surface area contributed by atoms with Gasteiger partial charge in [-0.1, -0.05) is 30.3 Å². The maximum Gasteiger partial charge on any atom is 0.217 e. The molecule has 23 heavy (non-hydrogen) atoms. The first kappa shape index (κ1) is 17.6. The van der Waals surface area contributed by atoms with E-state index in [1.165, 1.54) is 6.92 Å². The van der Waals surface area contributed by atoms with Crippen LogP contribution in [0.1, 0.15) is 26.3 Å². The SMILES string of the molecule is CC(=O)N[C@H]([C@@H]1COC(C)(C)O1)[C@@H](C=O)OCc1ccccc1. The van der Waals surface area contributed by atoms with Crippen molar-refractivity contribution in [2.45, 2.75) is 51.4 Å². The number of carbonyl (C=O) groups is 2. The van der Waals surface area contributed by atoms with Crippen molar-refractivity contribution in [2.75, 3.05) is 6.61 Å². The number of benzene rings is 1. The van der Waals surface area contributed by atoms with Crippen LogP contribution < -0.4 is 5.32 Å². The highest BCUT2D eigenvalue weighted by atomic mass is 16.7. The fourth-order valence-corrected chi connectivity index (χ4v) is 2.51. The average molecular weight is 321 g/mol. The zero-order valence-electron chi connectivity index (χ0n) is 13.7. The molecule has 6 heteroatoms. The molecule has 1 N–H and O–H groups in total. The lowest BCUT2D eigenvalue weighted by Gasteiger charge is -2.28.